The van der Waals surface area contributed by atoms with Crippen molar-refractivity contribution in [2.75, 3.05) is 0 Å². The molecule has 0 aliphatic carbocycles. The van der Waals surface area contributed by atoms with Crippen molar-refractivity contribution < 1.29 is 14.3 Å². The van der Waals surface area contributed by atoms with Gasteiger partial charge in [0.25, 0.3) is 11.1 Å². The Morgan fingerprint density at radius 2 is 1.79 bits per heavy atom. The van der Waals surface area contributed by atoms with Gasteiger partial charge in [-0.3, -0.25) is 14.9 Å². The Kier molecular flexibility index (Phi) is 5.89. The second-order valence-corrected chi connectivity index (χ2v) is 9.16. The van der Waals surface area contributed by atoms with Crippen LogP contribution >= 0.6 is 35.0 Å². The minimum absolute atomic E-state index is 0.337. The number of nitrogens with zero attached hydrogens (tertiary/aromatic N) is 1. The number of carbonyl (C=O) groups excluding carboxylic acids is 2. The van der Waals surface area contributed by atoms with Crippen LogP contribution in [-0.2, 0) is 11.4 Å². The van der Waals surface area contributed by atoms with Crippen LogP contribution in [0.3, 0.4) is 0 Å². The fourth-order valence-corrected chi connectivity index (χ4v) is 4.61. The summed E-state index contributed by atoms with van der Waals surface area (Å²) < 4.78 is 8.15. The highest BCUT2D eigenvalue weighted by Gasteiger charge is 2.26. The first-order chi connectivity index (χ1) is 16.0. The minimum Gasteiger partial charge on any atom is -0.487 e. The molecule has 2 heterocycles. The van der Waals surface area contributed by atoms with Crippen LogP contribution in [0.2, 0.25) is 10.0 Å². The summed E-state index contributed by atoms with van der Waals surface area (Å²) in [5, 5.41) is 3.66. The molecule has 5 rings (SSSR count). The Hall–Kier alpha value is -3.19. The lowest BCUT2D eigenvalue weighted by atomic mass is 10.1. The summed E-state index contributed by atoms with van der Waals surface area (Å²) in [6, 6.07) is 21.0. The lowest BCUT2D eigenvalue weighted by Gasteiger charge is -2.12. The van der Waals surface area contributed by atoms with E-state index in [9.17, 15) is 9.59 Å². The highest BCUT2D eigenvalue weighted by atomic mass is 35.5. The number of thioether (sulfide) groups is 1. The fourth-order valence-electron chi connectivity index (χ4n) is 3.64. The SMILES string of the molecule is O=C1NC(=O)C(=Cc2cn(-c3ccc(Cl)c(Cl)c3)c3c(OCc4ccccc4)cccc23)S1. The zero-order valence-electron chi connectivity index (χ0n) is 17.0. The third kappa shape index (κ3) is 4.37. The molecule has 164 valence electrons. The van der Waals surface area contributed by atoms with Crippen LogP contribution in [0.15, 0.2) is 77.8 Å². The van der Waals surface area contributed by atoms with Gasteiger partial charge in [-0.1, -0.05) is 65.7 Å². The summed E-state index contributed by atoms with van der Waals surface area (Å²) >= 11 is 13.3. The molecule has 4 aromatic rings. The van der Waals surface area contributed by atoms with Crippen LogP contribution in [0, 0.1) is 0 Å². The second-order valence-electron chi connectivity index (χ2n) is 7.33. The average molecular weight is 495 g/mol. The first-order valence-corrected chi connectivity index (χ1v) is 11.6. The molecular weight excluding hydrogens is 479 g/mol. The molecule has 1 N–H and O–H groups in total. The van der Waals surface area contributed by atoms with E-state index in [-0.39, 0.29) is 5.24 Å². The summed E-state index contributed by atoms with van der Waals surface area (Å²) in [6.07, 6.45) is 3.60. The topological polar surface area (TPSA) is 60.3 Å². The molecule has 0 radical (unpaired) electrons. The van der Waals surface area contributed by atoms with Crippen LogP contribution in [0.4, 0.5) is 4.79 Å². The Balaban J connectivity index is 1.66. The van der Waals surface area contributed by atoms with Gasteiger partial charge in [-0.2, -0.15) is 0 Å². The lowest BCUT2D eigenvalue weighted by Crippen LogP contribution is -2.17. The van der Waals surface area contributed by atoms with Crippen LogP contribution in [-0.4, -0.2) is 15.7 Å². The number of ether oxygens (including phenoxy) is 1. The van der Waals surface area contributed by atoms with Gasteiger partial charge in [0.2, 0.25) is 0 Å². The van der Waals surface area contributed by atoms with E-state index in [4.69, 9.17) is 27.9 Å². The standard InChI is InChI=1S/C25H16Cl2N2O3S/c26-19-10-9-17(12-20(19)27)29-13-16(11-22-24(30)28-25(31)33-22)18-7-4-8-21(23(18)29)32-14-15-5-2-1-3-6-15/h1-13H,14H2,(H,28,30,31). The Bertz CT molecular complexity index is 1430. The van der Waals surface area contributed by atoms with Gasteiger partial charge in [-0.15, -0.1) is 0 Å². The summed E-state index contributed by atoms with van der Waals surface area (Å²) in [5.41, 5.74) is 3.42. The number of rotatable bonds is 5. The van der Waals surface area contributed by atoms with E-state index in [0.717, 1.165) is 39.5 Å². The molecule has 2 amide bonds. The number of benzene rings is 3. The van der Waals surface area contributed by atoms with Crippen LogP contribution in [0.5, 0.6) is 5.75 Å². The Labute approximate surface area is 203 Å². The van der Waals surface area contributed by atoms with E-state index < -0.39 is 5.91 Å². The van der Waals surface area contributed by atoms with Crippen molar-refractivity contribution in [3.8, 4) is 11.4 Å². The predicted octanol–water partition coefficient (Wildman–Crippen LogP) is 6.84. The van der Waals surface area contributed by atoms with E-state index in [0.29, 0.717) is 27.3 Å². The van der Waals surface area contributed by atoms with Crippen LogP contribution < -0.4 is 10.1 Å². The van der Waals surface area contributed by atoms with Gasteiger partial charge in [-0.25, -0.2) is 0 Å². The van der Waals surface area contributed by atoms with E-state index >= 15 is 0 Å². The lowest BCUT2D eigenvalue weighted by molar-refractivity contribution is -0.115. The van der Waals surface area contributed by atoms with Crippen LogP contribution in [0.25, 0.3) is 22.7 Å². The molecule has 1 saturated heterocycles. The quantitative estimate of drug-likeness (QED) is 0.308. The first-order valence-electron chi connectivity index (χ1n) is 10.0. The van der Waals surface area contributed by atoms with Gasteiger partial charge >= 0.3 is 0 Å². The van der Waals surface area contributed by atoms with Gasteiger partial charge in [0.1, 0.15) is 12.4 Å². The number of carbonyl (C=O) groups is 2. The molecular formula is C25H16Cl2N2O3S. The predicted molar refractivity (Wildman–Crippen MR) is 133 cm³/mol. The molecule has 1 aliphatic rings. The maximum absolute atomic E-state index is 12.1. The number of imide groups is 1. The van der Waals surface area contributed by atoms with E-state index in [1.54, 1.807) is 18.2 Å². The zero-order valence-corrected chi connectivity index (χ0v) is 19.4. The van der Waals surface area contributed by atoms with Gasteiger partial charge < -0.3 is 9.30 Å². The number of hydrogen-bond donors (Lipinski definition) is 1. The Morgan fingerprint density at radius 1 is 0.970 bits per heavy atom. The van der Waals surface area contributed by atoms with Gasteiger partial charge in [0, 0.05) is 22.8 Å². The minimum atomic E-state index is -0.406. The maximum atomic E-state index is 12.1. The number of halogens is 2. The molecule has 1 aromatic heterocycles. The smallest absolute Gasteiger partial charge is 0.290 e. The molecule has 8 heteroatoms. The van der Waals surface area contributed by atoms with Crippen molar-refractivity contribution in [1.82, 2.24) is 9.88 Å². The van der Waals surface area contributed by atoms with E-state index in [1.165, 1.54) is 0 Å². The molecule has 0 atom stereocenters. The van der Waals surface area contributed by atoms with E-state index in [1.807, 2.05) is 65.4 Å². The number of hydrogen-bond acceptors (Lipinski definition) is 4. The molecule has 0 spiro atoms. The zero-order chi connectivity index (χ0) is 22.9. The number of amides is 2. The van der Waals surface area contributed by atoms with Crippen molar-refractivity contribution >= 4 is 63.1 Å². The summed E-state index contributed by atoms with van der Waals surface area (Å²) in [4.78, 5) is 24.1. The monoisotopic (exact) mass is 494 g/mol. The highest BCUT2D eigenvalue weighted by Crippen LogP contribution is 2.37. The van der Waals surface area contributed by atoms with Crippen molar-refractivity contribution in [3.63, 3.8) is 0 Å². The number of para-hydroxylation sites is 1. The third-order valence-electron chi connectivity index (χ3n) is 5.17. The summed E-state index contributed by atoms with van der Waals surface area (Å²) in [6.45, 7) is 0.399. The van der Waals surface area contributed by atoms with Crippen molar-refractivity contribution in [3.05, 3.63) is 99.0 Å². The molecule has 1 fully saturated rings. The molecule has 0 unspecified atom stereocenters. The summed E-state index contributed by atoms with van der Waals surface area (Å²) in [5.74, 6) is 0.267. The number of nitrogens with one attached hydrogen (secondary N) is 1. The molecule has 0 bridgehead atoms. The van der Waals surface area contributed by atoms with E-state index in [2.05, 4.69) is 5.32 Å². The largest absolute Gasteiger partial charge is 0.487 e. The molecule has 3 aromatic carbocycles. The average Bonchev–Trinajstić information content (AvgIpc) is 3.34. The summed E-state index contributed by atoms with van der Waals surface area (Å²) in [7, 11) is 0. The first kappa shape index (κ1) is 21.6. The van der Waals surface area contributed by atoms with Crippen molar-refractivity contribution in [2.45, 2.75) is 6.61 Å². The van der Waals surface area contributed by atoms with Gasteiger partial charge in [-0.05, 0) is 47.7 Å². The van der Waals surface area contributed by atoms with Gasteiger partial charge in [0.05, 0.1) is 20.5 Å². The maximum Gasteiger partial charge on any atom is 0.290 e. The molecule has 5 nitrogen and oxygen atoms in total. The van der Waals surface area contributed by atoms with Crippen molar-refractivity contribution in [1.29, 1.82) is 0 Å². The molecule has 33 heavy (non-hydrogen) atoms. The fraction of sp³-hybridized carbons (Fsp3) is 0.0400. The normalized spacial score (nSPS) is 14.8. The number of aromatic nitrogens is 1. The third-order valence-corrected chi connectivity index (χ3v) is 6.72. The van der Waals surface area contributed by atoms with Gasteiger partial charge in [0.15, 0.2) is 0 Å². The molecule has 0 saturated carbocycles. The Morgan fingerprint density at radius 3 is 2.52 bits per heavy atom. The second kappa shape index (κ2) is 8.98. The highest BCUT2D eigenvalue weighted by molar-refractivity contribution is 8.18. The molecule has 1 aliphatic heterocycles. The number of fused-ring (bicyclic) bond motifs is 1. The van der Waals surface area contributed by atoms with Crippen molar-refractivity contribution in [2.24, 2.45) is 0 Å². The van der Waals surface area contributed by atoms with Crippen LogP contribution in [0.1, 0.15) is 11.1 Å².